The molecule has 0 spiro atoms. The van der Waals surface area contributed by atoms with Gasteiger partial charge in [0.15, 0.2) is 0 Å². The first kappa shape index (κ1) is 14.3. The fourth-order valence-corrected chi connectivity index (χ4v) is 2.00. The molecule has 0 heterocycles. The van der Waals surface area contributed by atoms with E-state index in [0.717, 1.165) is 25.0 Å². The van der Waals surface area contributed by atoms with E-state index in [1.165, 1.54) is 0 Å². The van der Waals surface area contributed by atoms with Gasteiger partial charge in [0.2, 0.25) is 0 Å². The molecular formula is C13H15F4NO. The molecule has 1 aliphatic rings. The number of rotatable bonds is 5. The van der Waals surface area contributed by atoms with Gasteiger partial charge in [-0.2, -0.15) is 13.2 Å². The van der Waals surface area contributed by atoms with Crippen molar-refractivity contribution in [2.75, 3.05) is 13.2 Å². The van der Waals surface area contributed by atoms with Crippen LogP contribution >= 0.6 is 0 Å². The van der Waals surface area contributed by atoms with Crippen molar-refractivity contribution in [3.05, 3.63) is 35.1 Å². The fraction of sp³-hybridized carbons (Fsp3) is 0.538. The van der Waals surface area contributed by atoms with Gasteiger partial charge in [-0.3, -0.25) is 0 Å². The molecule has 0 bridgehead atoms. The van der Waals surface area contributed by atoms with Crippen LogP contribution in [0.3, 0.4) is 0 Å². The van der Waals surface area contributed by atoms with Crippen molar-refractivity contribution < 1.29 is 22.7 Å². The standard InChI is InChI=1S/C13H15F4NO/c14-10-2-1-9(11(5-10)13(15,16)17)6-18-7-12(8-19)3-4-12/h1-2,5,18-19H,3-4,6-8H2. The minimum atomic E-state index is -4.56. The zero-order chi connectivity index (χ0) is 14.1. The highest BCUT2D eigenvalue weighted by molar-refractivity contribution is 5.30. The van der Waals surface area contributed by atoms with Crippen molar-refractivity contribution in [2.45, 2.75) is 25.6 Å². The summed E-state index contributed by atoms with van der Waals surface area (Å²) in [6.45, 7) is 0.518. The second kappa shape index (κ2) is 5.09. The van der Waals surface area contributed by atoms with Gasteiger partial charge in [0, 0.05) is 25.1 Å². The Labute approximate surface area is 108 Å². The number of hydrogen-bond acceptors (Lipinski definition) is 2. The predicted octanol–water partition coefficient (Wildman–Crippen LogP) is 2.71. The zero-order valence-corrected chi connectivity index (χ0v) is 10.2. The van der Waals surface area contributed by atoms with Gasteiger partial charge in [0.05, 0.1) is 5.56 Å². The second-order valence-corrected chi connectivity index (χ2v) is 5.06. The van der Waals surface area contributed by atoms with E-state index in [1.54, 1.807) is 0 Å². The molecule has 0 amide bonds. The minimum Gasteiger partial charge on any atom is -0.396 e. The van der Waals surface area contributed by atoms with E-state index in [-0.39, 0.29) is 24.1 Å². The first-order valence-electron chi connectivity index (χ1n) is 6.04. The largest absolute Gasteiger partial charge is 0.416 e. The maximum atomic E-state index is 12.9. The quantitative estimate of drug-likeness (QED) is 0.811. The SMILES string of the molecule is OCC1(CNCc2ccc(F)cc2C(F)(F)F)CC1. The average molecular weight is 277 g/mol. The molecule has 1 saturated carbocycles. The van der Waals surface area contributed by atoms with Gasteiger partial charge in [-0.05, 0) is 30.5 Å². The molecule has 1 aromatic rings. The van der Waals surface area contributed by atoms with Crippen LogP contribution < -0.4 is 5.32 Å². The van der Waals surface area contributed by atoms with Gasteiger partial charge >= 0.3 is 6.18 Å². The lowest BCUT2D eigenvalue weighted by atomic mass is 10.1. The molecule has 19 heavy (non-hydrogen) atoms. The summed E-state index contributed by atoms with van der Waals surface area (Å²) >= 11 is 0. The topological polar surface area (TPSA) is 32.3 Å². The highest BCUT2D eigenvalue weighted by Gasteiger charge is 2.41. The first-order chi connectivity index (χ1) is 8.86. The van der Waals surface area contributed by atoms with Crippen LogP contribution in [0, 0.1) is 11.2 Å². The minimum absolute atomic E-state index is 0.0108. The normalized spacial score (nSPS) is 17.5. The summed E-state index contributed by atoms with van der Waals surface area (Å²) < 4.78 is 51.1. The molecule has 0 aliphatic heterocycles. The molecule has 0 saturated heterocycles. The monoisotopic (exact) mass is 277 g/mol. The molecule has 0 unspecified atom stereocenters. The van der Waals surface area contributed by atoms with E-state index in [0.29, 0.717) is 12.6 Å². The van der Waals surface area contributed by atoms with E-state index in [2.05, 4.69) is 5.32 Å². The van der Waals surface area contributed by atoms with E-state index >= 15 is 0 Å². The molecule has 2 nitrogen and oxygen atoms in total. The van der Waals surface area contributed by atoms with Crippen LogP contribution in [0.1, 0.15) is 24.0 Å². The molecule has 1 aromatic carbocycles. The summed E-state index contributed by atoms with van der Waals surface area (Å²) in [4.78, 5) is 0. The third-order valence-electron chi connectivity index (χ3n) is 3.49. The van der Waals surface area contributed by atoms with Crippen molar-refractivity contribution in [1.82, 2.24) is 5.32 Å². The van der Waals surface area contributed by atoms with E-state index in [9.17, 15) is 17.6 Å². The predicted molar refractivity (Wildman–Crippen MR) is 61.9 cm³/mol. The molecule has 2 N–H and O–H groups in total. The number of aliphatic hydroxyl groups is 1. The van der Waals surface area contributed by atoms with E-state index in [4.69, 9.17) is 5.11 Å². The maximum absolute atomic E-state index is 12.9. The number of halogens is 4. The van der Waals surface area contributed by atoms with Crippen LogP contribution in [0.4, 0.5) is 17.6 Å². The van der Waals surface area contributed by atoms with Crippen molar-refractivity contribution in [2.24, 2.45) is 5.41 Å². The van der Waals surface area contributed by atoms with E-state index in [1.807, 2.05) is 0 Å². The molecule has 106 valence electrons. The summed E-state index contributed by atoms with van der Waals surface area (Å²) in [5.74, 6) is -0.898. The van der Waals surface area contributed by atoms with Crippen LogP contribution in [0.2, 0.25) is 0 Å². The van der Waals surface area contributed by atoms with Gasteiger partial charge in [0.1, 0.15) is 5.82 Å². The smallest absolute Gasteiger partial charge is 0.396 e. The van der Waals surface area contributed by atoms with Crippen molar-refractivity contribution in [3.8, 4) is 0 Å². The lowest BCUT2D eigenvalue weighted by Gasteiger charge is -2.16. The van der Waals surface area contributed by atoms with Gasteiger partial charge in [0.25, 0.3) is 0 Å². The van der Waals surface area contributed by atoms with Gasteiger partial charge in [-0.1, -0.05) is 6.07 Å². The second-order valence-electron chi connectivity index (χ2n) is 5.06. The Kier molecular flexibility index (Phi) is 3.82. The van der Waals surface area contributed by atoms with Gasteiger partial charge in [-0.15, -0.1) is 0 Å². The Morgan fingerprint density at radius 2 is 1.95 bits per heavy atom. The molecule has 1 fully saturated rings. The van der Waals surface area contributed by atoms with Gasteiger partial charge < -0.3 is 10.4 Å². The van der Waals surface area contributed by atoms with Crippen LogP contribution in [0.25, 0.3) is 0 Å². The van der Waals surface area contributed by atoms with E-state index < -0.39 is 17.6 Å². The first-order valence-corrected chi connectivity index (χ1v) is 6.04. The summed E-state index contributed by atoms with van der Waals surface area (Å²) in [6.07, 6.45) is -2.80. The molecular weight excluding hydrogens is 262 g/mol. The van der Waals surface area contributed by atoms with Crippen LogP contribution in [-0.4, -0.2) is 18.3 Å². The molecule has 2 rings (SSSR count). The molecule has 0 radical (unpaired) electrons. The third-order valence-corrected chi connectivity index (χ3v) is 3.49. The Morgan fingerprint density at radius 1 is 1.26 bits per heavy atom. The summed E-state index contributed by atoms with van der Waals surface area (Å²) in [5, 5.41) is 12.0. The van der Waals surface area contributed by atoms with Crippen molar-refractivity contribution in [1.29, 1.82) is 0 Å². The zero-order valence-electron chi connectivity index (χ0n) is 10.2. The molecule has 0 aromatic heterocycles. The van der Waals surface area contributed by atoms with Crippen LogP contribution in [0.15, 0.2) is 18.2 Å². The number of aliphatic hydroxyl groups excluding tert-OH is 1. The van der Waals surface area contributed by atoms with Crippen molar-refractivity contribution in [3.63, 3.8) is 0 Å². The number of hydrogen-bond donors (Lipinski definition) is 2. The Balaban J connectivity index is 2.03. The number of nitrogens with one attached hydrogen (secondary N) is 1. The summed E-state index contributed by atoms with van der Waals surface area (Å²) in [7, 11) is 0. The molecule has 0 atom stereocenters. The highest BCUT2D eigenvalue weighted by Crippen LogP contribution is 2.44. The number of benzene rings is 1. The lowest BCUT2D eigenvalue weighted by Crippen LogP contribution is -2.27. The molecule has 6 heteroatoms. The Bertz CT molecular complexity index is 454. The third kappa shape index (κ3) is 3.45. The summed E-state index contributed by atoms with van der Waals surface area (Å²) in [5.41, 5.74) is -1.10. The van der Waals surface area contributed by atoms with Crippen molar-refractivity contribution >= 4 is 0 Å². The Hall–Kier alpha value is -1.14. The lowest BCUT2D eigenvalue weighted by molar-refractivity contribution is -0.138. The maximum Gasteiger partial charge on any atom is 0.416 e. The Morgan fingerprint density at radius 3 is 2.47 bits per heavy atom. The van der Waals surface area contributed by atoms with Gasteiger partial charge in [-0.25, -0.2) is 4.39 Å². The van der Waals surface area contributed by atoms with Crippen LogP contribution in [-0.2, 0) is 12.7 Å². The summed E-state index contributed by atoms with van der Waals surface area (Å²) in [6, 6.07) is 2.67. The number of alkyl halides is 3. The van der Waals surface area contributed by atoms with Crippen LogP contribution in [0.5, 0.6) is 0 Å². The highest BCUT2D eigenvalue weighted by atomic mass is 19.4. The fourth-order valence-electron chi connectivity index (χ4n) is 2.00. The molecule has 1 aliphatic carbocycles. The average Bonchev–Trinajstić information content (AvgIpc) is 3.10.